The summed E-state index contributed by atoms with van der Waals surface area (Å²) in [6.07, 6.45) is 9.68. The Kier molecular flexibility index (Phi) is 7.23. The molecule has 3 N–H and O–H groups in total. The summed E-state index contributed by atoms with van der Waals surface area (Å²) >= 11 is 0. The number of nitrogens with one attached hydrogen (secondary N) is 1. The van der Waals surface area contributed by atoms with Crippen LogP contribution in [-0.4, -0.2) is 18.6 Å². The van der Waals surface area contributed by atoms with E-state index in [9.17, 15) is 4.79 Å². The second kappa shape index (κ2) is 9.46. The van der Waals surface area contributed by atoms with Gasteiger partial charge in [0.05, 0.1) is 11.8 Å². The van der Waals surface area contributed by atoms with Crippen LogP contribution in [0.5, 0.6) is 5.75 Å². The Bertz CT molecular complexity index is 456. The van der Waals surface area contributed by atoms with Crippen LogP contribution >= 0.6 is 0 Å². The Labute approximate surface area is 133 Å². The van der Waals surface area contributed by atoms with E-state index in [1.54, 1.807) is 0 Å². The Morgan fingerprint density at radius 2 is 1.86 bits per heavy atom. The number of nitrogens with two attached hydrogens (primary N) is 1. The SMILES string of the molecule is NCCCCCCC(=O)Nc1ccccc1OC1CCCC1. The van der Waals surface area contributed by atoms with E-state index in [0.717, 1.165) is 56.5 Å². The molecule has 1 aliphatic carbocycles. The highest BCUT2D eigenvalue weighted by Gasteiger charge is 2.18. The minimum Gasteiger partial charge on any atom is -0.488 e. The molecule has 1 fully saturated rings. The highest BCUT2D eigenvalue weighted by molar-refractivity contribution is 5.92. The van der Waals surface area contributed by atoms with Crippen LogP contribution in [0.3, 0.4) is 0 Å². The third-order valence-corrected chi connectivity index (χ3v) is 4.11. The van der Waals surface area contributed by atoms with Gasteiger partial charge in [-0.25, -0.2) is 0 Å². The van der Waals surface area contributed by atoms with E-state index in [0.29, 0.717) is 12.5 Å². The summed E-state index contributed by atoms with van der Waals surface area (Å²) < 4.78 is 6.04. The molecule has 0 radical (unpaired) electrons. The molecule has 4 nitrogen and oxygen atoms in total. The monoisotopic (exact) mass is 304 g/mol. The normalized spacial score (nSPS) is 15.0. The van der Waals surface area contributed by atoms with Gasteiger partial charge >= 0.3 is 0 Å². The van der Waals surface area contributed by atoms with Gasteiger partial charge in [-0.3, -0.25) is 4.79 Å². The van der Waals surface area contributed by atoms with E-state index < -0.39 is 0 Å². The molecule has 1 aromatic rings. The van der Waals surface area contributed by atoms with Crippen LogP contribution in [0.2, 0.25) is 0 Å². The maximum atomic E-state index is 12.0. The fourth-order valence-electron chi connectivity index (χ4n) is 2.85. The molecule has 0 aliphatic heterocycles. The second-order valence-corrected chi connectivity index (χ2v) is 6.02. The van der Waals surface area contributed by atoms with E-state index in [4.69, 9.17) is 10.5 Å². The molecule has 0 atom stereocenters. The number of carbonyl (C=O) groups is 1. The lowest BCUT2D eigenvalue weighted by Crippen LogP contribution is -2.15. The number of benzene rings is 1. The summed E-state index contributed by atoms with van der Waals surface area (Å²) in [5, 5.41) is 2.99. The lowest BCUT2D eigenvalue weighted by molar-refractivity contribution is -0.116. The molecule has 0 spiro atoms. The summed E-state index contributed by atoms with van der Waals surface area (Å²) in [5.74, 6) is 0.862. The zero-order valence-electron chi connectivity index (χ0n) is 13.4. The molecule has 122 valence electrons. The van der Waals surface area contributed by atoms with Crippen LogP contribution in [0, 0.1) is 0 Å². The Hall–Kier alpha value is -1.55. The van der Waals surface area contributed by atoms with Crippen LogP contribution in [0.25, 0.3) is 0 Å². The van der Waals surface area contributed by atoms with Crippen molar-refractivity contribution < 1.29 is 9.53 Å². The van der Waals surface area contributed by atoms with Gasteiger partial charge in [0.2, 0.25) is 5.91 Å². The van der Waals surface area contributed by atoms with Gasteiger partial charge in [-0.2, -0.15) is 0 Å². The summed E-state index contributed by atoms with van der Waals surface area (Å²) in [4.78, 5) is 12.0. The largest absolute Gasteiger partial charge is 0.488 e. The molecule has 0 unspecified atom stereocenters. The number of ether oxygens (including phenoxy) is 1. The molecule has 0 heterocycles. The summed E-state index contributed by atoms with van der Waals surface area (Å²) in [6.45, 7) is 0.734. The second-order valence-electron chi connectivity index (χ2n) is 6.02. The van der Waals surface area contributed by atoms with Crippen molar-refractivity contribution in [1.82, 2.24) is 0 Å². The van der Waals surface area contributed by atoms with Gasteiger partial charge in [0.1, 0.15) is 5.75 Å². The molecule has 0 saturated heterocycles. The highest BCUT2D eigenvalue weighted by Crippen LogP contribution is 2.29. The van der Waals surface area contributed by atoms with Gasteiger partial charge in [-0.1, -0.05) is 25.0 Å². The van der Waals surface area contributed by atoms with Crippen molar-refractivity contribution in [3.8, 4) is 5.75 Å². The standard InChI is InChI=1S/C18H28N2O2/c19-14-8-2-1-3-13-18(21)20-16-11-6-7-12-17(16)22-15-9-4-5-10-15/h6-7,11-12,15H,1-5,8-10,13-14,19H2,(H,20,21). The van der Waals surface area contributed by atoms with E-state index in [-0.39, 0.29) is 5.91 Å². The van der Waals surface area contributed by atoms with Crippen molar-refractivity contribution in [1.29, 1.82) is 0 Å². The summed E-state index contributed by atoms with van der Waals surface area (Å²) in [6, 6.07) is 7.73. The van der Waals surface area contributed by atoms with E-state index in [1.165, 1.54) is 12.8 Å². The molecule has 0 bridgehead atoms. The number of unbranched alkanes of at least 4 members (excludes halogenated alkanes) is 3. The van der Waals surface area contributed by atoms with E-state index in [1.807, 2.05) is 24.3 Å². The number of anilines is 1. The highest BCUT2D eigenvalue weighted by atomic mass is 16.5. The van der Waals surface area contributed by atoms with Crippen molar-refractivity contribution in [2.24, 2.45) is 5.73 Å². The first-order chi connectivity index (χ1) is 10.8. The minimum atomic E-state index is 0.0650. The fourth-order valence-corrected chi connectivity index (χ4v) is 2.85. The molecule has 4 heteroatoms. The zero-order chi connectivity index (χ0) is 15.6. The van der Waals surface area contributed by atoms with Crippen molar-refractivity contribution in [2.45, 2.75) is 63.9 Å². The first kappa shape index (κ1) is 16.8. The predicted octanol–water partition coefficient (Wildman–Crippen LogP) is 3.86. The average molecular weight is 304 g/mol. The average Bonchev–Trinajstić information content (AvgIpc) is 3.02. The maximum Gasteiger partial charge on any atom is 0.224 e. The van der Waals surface area contributed by atoms with Gasteiger partial charge in [0, 0.05) is 6.42 Å². The van der Waals surface area contributed by atoms with Crippen LogP contribution in [0.1, 0.15) is 57.8 Å². The van der Waals surface area contributed by atoms with Crippen molar-refractivity contribution in [3.63, 3.8) is 0 Å². The number of rotatable bonds is 9. The van der Waals surface area contributed by atoms with Crippen molar-refractivity contribution >= 4 is 11.6 Å². The predicted molar refractivity (Wildman–Crippen MR) is 90.1 cm³/mol. The van der Waals surface area contributed by atoms with E-state index >= 15 is 0 Å². The lowest BCUT2D eigenvalue weighted by Gasteiger charge is -2.16. The quantitative estimate of drug-likeness (QED) is 0.681. The first-order valence-electron chi connectivity index (χ1n) is 8.55. The van der Waals surface area contributed by atoms with Gasteiger partial charge in [0.25, 0.3) is 0 Å². The van der Waals surface area contributed by atoms with Crippen molar-refractivity contribution in [3.05, 3.63) is 24.3 Å². The van der Waals surface area contributed by atoms with Crippen LogP contribution in [0.4, 0.5) is 5.69 Å². The van der Waals surface area contributed by atoms with Gasteiger partial charge < -0.3 is 15.8 Å². The molecule has 0 aromatic heterocycles. The maximum absolute atomic E-state index is 12.0. The third-order valence-electron chi connectivity index (χ3n) is 4.11. The molecule has 2 rings (SSSR count). The smallest absolute Gasteiger partial charge is 0.224 e. The van der Waals surface area contributed by atoms with Crippen LogP contribution < -0.4 is 15.8 Å². The van der Waals surface area contributed by atoms with Gasteiger partial charge in [-0.05, 0) is 57.2 Å². The van der Waals surface area contributed by atoms with Crippen LogP contribution in [0.15, 0.2) is 24.3 Å². The number of amides is 1. The molecular formula is C18H28N2O2. The summed E-state index contributed by atoms with van der Waals surface area (Å²) in [7, 11) is 0. The van der Waals surface area contributed by atoms with Crippen molar-refractivity contribution in [2.75, 3.05) is 11.9 Å². The minimum absolute atomic E-state index is 0.0650. The molecule has 22 heavy (non-hydrogen) atoms. The van der Waals surface area contributed by atoms with Crippen LogP contribution in [-0.2, 0) is 4.79 Å². The zero-order valence-corrected chi connectivity index (χ0v) is 13.4. The molecule has 1 aliphatic rings. The fraction of sp³-hybridized carbons (Fsp3) is 0.611. The number of hydrogen-bond donors (Lipinski definition) is 2. The summed E-state index contributed by atoms with van der Waals surface area (Å²) in [5.41, 5.74) is 6.26. The lowest BCUT2D eigenvalue weighted by atomic mass is 10.1. The molecule has 1 saturated carbocycles. The number of hydrogen-bond acceptors (Lipinski definition) is 3. The number of carbonyl (C=O) groups excluding carboxylic acids is 1. The first-order valence-corrected chi connectivity index (χ1v) is 8.55. The molecule has 1 aromatic carbocycles. The van der Waals surface area contributed by atoms with Gasteiger partial charge in [0.15, 0.2) is 0 Å². The number of para-hydroxylation sites is 2. The Balaban J connectivity index is 1.79. The molecule has 1 amide bonds. The topological polar surface area (TPSA) is 64.4 Å². The van der Waals surface area contributed by atoms with E-state index in [2.05, 4.69) is 5.32 Å². The molecular weight excluding hydrogens is 276 g/mol. The Morgan fingerprint density at radius 1 is 1.14 bits per heavy atom. The third kappa shape index (κ3) is 5.68. The van der Waals surface area contributed by atoms with Gasteiger partial charge in [-0.15, -0.1) is 0 Å². The Morgan fingerprint density at radius 3 is 2.64 bits per heavy atom.